The van der Waals surface area contributed by atoms with Gasteiger partial charge in [-0.05, 0) is 26.2 Å². The van der Waals surface area contributed by atoms with Crippen LogP contribution in [0, 0.1) is 11.8 Å². The van der Waals surface area contributed by atoms with E-state index < -0.39 is 11.6 Å². The number of aliphatic hydroxyl groups is 1. The number of rotatable bonds is 5. The zero-order valence-electron chi connectivity index (χ0n) is 9.18. The minimum atomic E-state index is -1.12. The van der Waals surface area contributed by atoms with E-state index in [-0.39, 0.29) is 0 Å². The van der Waals surface area contributed by atoms with E-state index in [1.165, 1.54) is 7.11 Å². The van der Waals surface area contributed by atoms with Crippen LogP contribution in [0.5, 0.6) is 0 Å². The van der Waals surface area contributed by atoms with E-state index in [4.69, 9.17) is 11.6 Å². The van der Waals surface area contributed by atoms with E-state index in [0.717, 1.165) is 19.3 Å². The standard InChI is InChI=1S/C11H17ClO3/c1-11(14,7-4-3-5-9-12)8-6-10(13)15-2/h14H,3-5,7,9H2,1-2H3. The Kier molecular flexibility index (Phi) is 7.19. The van der Waals surface area contributed by atoms with E-state index in [0.29, 0.717) is 12.3 Å². The van der Waals surface area contributed by atoms with Gasteiger partial charge in [0.2, 0.25) is 0 Å². The van der Waals surface area contributed by atoms with Gasteiger partial charge in [-0.25, -0.2) is 4.79 Å². The van der Waals surface area contributed by atoms with Crippen molar-refractivity contribution in [2.75, 3.05) is 13.0 Å². The van der Waals surface area contributed by atoms with Gasteiger partial charge in [0.25, 0.3) is 0 Å². The molecule has 0 saturated heterocycles. The Hall–Kier alpha value is -0.720. The van der Waals surface area contributed by atoms with Crippen molar-refractivity contribution in [1.29, 1.82) is 0 Å². The highest BCUT2D eigenvalue weighted by molar-refractivity contribution is 6.17. The second kappa shape index (κ2) is 7.56. The molecule has 0 heterocycles. The third-order valence-electron chi connectivity index (χ3n) is 1.92. The first-order valence-electron chi connectivity index (χ1n) is 4.91. The van der Waals surface area contributed by atoms with Crippen molar-refractivity contribution in [3.05, 3.63) is 0 Å². The van der Waals surface area contributed by atoms with Crippen LogP contribution >= 0.6 is 11.6 Å². The largest absolute Gasteiger partial charge is 0.459 e. The zero-order valence-corrected chi connectivity index (χ0v) is 9.93. The lowest BCUT2D eigenvalue weighted by Crippen LogP contribution is -2.21. The third kappa shape index (κ3) is 8.29. The van der Waals surface area contributed by atoms with Gasteiger partial charge in [-0.2, -0.15) is 0 Å². The Bertz CT molecular complexity index is 250. The van der Waals surface area contributed by atoms with Gasteiger partial charge >= 0.3 is 5.97 Å². The minimum Gasteiger partial charge on any atom is -0.459 e. The number of alkyl halides is 1. The van der Waals surface area contributed by atoms with Crippen molar-refractivity contribution in [1.82, 2.24) is 0 Å². The summed E-state index contributed by atoms with van der Waals surface area (Å²) in [5.74, 6) is 4.72. The second-order valence-electron chi connectivity index (χ2n) is 3.52. The third-order valence-corrected chi connectivity index (χ3v) is 2.18. The molecule has 0 aromatic carbocycles. The van der Waals surface area contributed by atoms with Crippen molar-refractivity contribution in [2.45, 2.75) is 38.2 Å². The van der Waals surface area contributed by atoms with Crippen LogP contribution in [0.25, 0.3) is 0 Å². The molecule has 1 N–H and O–H groups in total. The Balaban J connectivity index is 3.93. The summed E-state index contributed by atoms with van der Waals surface area (Å²) in [5, 5.41) is 9.74. The fraction of sp³-hybridized carbons (Fsp3) is 0.727. The number of hydrogen-bond acceptors (Lipinski definition) is 3. The maximum Gasteiger partial charge on any atom is 0.384 e. The number of carbonyl (C=O) groups excluding carboxylic acids is 1. The lowest BCUT2D eigenvalue weighted by Gasteiger charge is -2.15. The number of carbonyl (C=O) groups is 1. The topological polar surface area (TPSA) is 46.5 Å². The predicted octanol–water partition coefficient (Wildman–Crippen LogP) is 1.71. The molecule has 0 rings (SSSR count). The molecule has 0 aliphatic heterocycles. The van der Waals surface area contributed by atoms with Crippen molar-refractivity contribution < 1.29 is 14.6 Å². The van der Waals surface area contributed by atoms with Crippen molar-refractivity contribution in [3.63, 3.8) is 0 Å². The van der Waals surface area contributed by atoms with Crippen molar-refractivity contribution >= 4 is 17.6 Å². The predicted molar refractivity (Wildman–Crippen MR) is 59.6 cm³/mol. The molecule has 15 heavy (non-hydrogen) atoms. The van der Waals surface area contributed by atoms with Crippen LogP contribution in [0.2, 0.25) is 0 Å². The smallest absolute Gasteiger partial charge is 0.384 e. The lowest BCUT2D eigenvalue weighted by molar-refractivity contribution is -0.133. The van der Waals surface area contributed by atoms with Crippen LogP contribution in [0.3, 0.4) is 0 Å². The molecule has 0 aromatic heterocycles. The molecule has 86 valence electrons. The summed E-state index contributed by atoms with van der Waals surface area (Å²) in [5.41, 5.74) is -1.12. The maximum absolute atomic E-state index is 10.7. The van der Waals surface area contributed by atoms with Gasteiger partial charge in [-0.15, -0.1) is 11.6 Å². The molecule has 4 heteroatoms. The number of unbranched alkanes of at least 4 members (excludes halogenated alkanes) is 2. The number of ether oxygens (including phenoxy) is 1. The molecule has 3 nitrogen and oxygen atoms in total. The zero-order chi connectivity index (χ0) is 11.7. The van der Waals surface area contributed by atoms with E-state index in [1.54, 1.807) is 6.92 Å². The van der Waals surface area contributed by atoms with Crippen molar-refractivity contribution in [2.24, 2.45) is 0 Å². The second-order valence-corrected chi connectivity index (χ2v) is 3.89. The van der Waals surface area contributed by atoms with E-state index in [9.17, 15) is 9.90 Å². The van der Waals surface area contributed by atoms with Crippen LogP contribution in [-0.4, -0.2) is 29.7 Å². The molecular formula is C11H17ClO3. The van der Waals surface area contributed by atoms with Gasteiger partial charge < -0.3 is 9.84 Å². The Morgan fingerprint density at radius 1 is 1.47 bits per heavy atom. The summed E-state index contributed by atoms with van der Waals surface area (Å²) >= 11 is 5.52. The van der Waals surface area contributed by atoms with Gasteiger partial charge in [0.05, 0.1) is 7.11 Å². The average Bonchev–Trinajstić information content (AvgIpc) is 2.21. The number of esters is 1. The van der Waals surface area contributed by atoms with Gasteiger partial charge in [0.15, 0.2) is 0 Å². The fourth-order valence-corrected chi connectivity index (χ4v) is 1.23. The molecule has 0 aliphatic carbocycles. The summed E-state index contributed by atoms with van der Waals surface area (Å²) in [4.78, 5) is 10.7. The maximum atomic E-state index is 10.7. The van der Waals surface area contributed by atoms with Crippen LogP contribution in [-0.2, 0) is 9.53 Å². The molecule has 0 aromatic rings. The molecule has 0 saturated carbocycles. The van der Waals surface area contributed by atoms with E-state index >= 15 is 0 Å². The molecule has 0 bridgehead atoms. The van der Waals surface area contributed by atoms with E-state index in [1.807, 2.05) is 0 Å². The summed E-state index contributed by atoms with van der Waals surface area (Å²) < 4.78 is 4.35. The summed E-state index contributed by atoms with van der Waals surface area (Å²) in [7, 11) is 1.26. The van der Waals surface area contributed by atoms with E-state index in [2.05, 4.69) is 16.6 Å². The SMILES string of the molecule is COC(=O)C#CC(C)(O)CCCCCCl. The van der Waals surface area contributed by atoms with Gasteiger partial charge in [-0.3, -0.25) is 0 Å². The summed E-state index contributed by atoms with van der Waals surface area (Å²) in [6, 6.07) is 0. The first-order chi connectivity index (χ1) is 7.02. The Morgan fingerprint density at radius 2 is 2.13 bits per heavy atom. The van der Waals surface area contributed by atoms with Crippen LogP contribution < -0.4 is 0 Å². The first-order valence-corrected chi connectivity index (χ1v) is 5.45. The molecule has 1 unspecified atom stereocenters. The normalized spacial score (nSPS) is 13.6. The van der Waals surface area contributed by atoms with Crippen LogP contribution in [0.1, 0.15) is 32.6 Å². The van der Waals surface area contributed by atoms with Crippen LogP contribution in [0.15, 0.2) is 0 Å². The fourth-order valence-electron chi connectivity index (χ4n) is 1.04. The van der Waals surface area contributed by atoms with Crippen molar-refractivity contribution in [3.8, 4) is 11.8 Å². The van der Waals surface area contributed by atoms with Gasteiger partial charge in [0.1, 0.15) is 5.60 Å². The summed E-state index contributed by atoms with van der Waals surface area (Å²) in [6.07, 6.45) is 3.27. The molecule has 0 spiro atoms. The van der Waals surface area contributed by atoms with Gasteiger partial charge in [-0.1, -0.05) is 12.3 Å². The molecule has 0 amide bonds. The van der Waals surface area contributed by atoms with Crippen LogP contribution in [0.4, 0.5) is 0 Å². The molecule has 0 fully saturated rings. The molecule has 0 aliphatic rings. The molecule has 1 atom stereocenters. The number of hydrogen-bond donors (Lipinski definition) is 1. The monoisotopic (exact) mass is 232 g/mol. The molecule has 0 radical (unpaired) electrons. The first kappa shape index (κ1) is 14.3. The quantitative estimate of drug-likeness (QED) is 0.258. The Labute approximate surface area is 95.8 Å². The molecular weight excluding hydrogens is 216 g/mol. The highest BCUT2D eigenvalue weighted by atomic mass is 35.5. The Morgan fingerprint density at radius 3 is 2.67 bits per heavy atom. The summed E-state index contributed by atoms with van der Waals surface area (Å²) in [6.45, 7) is 1.59. The lowest BCUT2D eigenvalue weighted by atomic mass is 9.99. The number of halogens is 1. The number of methoxy groups -OCH3 is 1. The van der Waals surface area contributed by atoms with Gasteiger partial charge in [0, 0.05) is 11.8 Å². The average molecular weight is 233 g/mol. The minimum absolute atomic E-state index is 0.536. The highest BCUT2D eigenvalue weighted by Crippen LogP contribution is 2.13. The highest BCUT2D eigenvalue weighted by Gasteiger charge is 2.16.